The van der Waals surface area contributed by atoms with E-state index < -0.39 is 23.9 Å². The van der Waals surface area contributed by atoms with Crippen molar-refractivity contribution in [3.8, 4) is 0 Å². The number of nitrogens with one attached hydrogen (secondary N) is 1. The van der Waals surface area contributed by atoms with E-state index in [1.807, 2.05) is 0 Å². The number of benzene rings is 1. The van der Waals surface area contributed by atoms with Crippen LogP contribution in [-0.2, 0) is 9.53 Å². The number of urea groups is 1. The molecule has 1 aromatic rings. The van der Waals surface area contributed by atoms with E-state index in [2.05, 4.69) is 5.32 Å². The summed E-state index contributed by atoms with van der Waals surface area (Å²) in [6.45, 7) is 3.57. The van der Waals surface area contributed by atoms with Crippen molar-refractivity contribution >= 4 is 12.0 Å². The van der Waals surface area contributed by atoms with Gasteiger partial charge in [-0.15, -0.1) is 0 Å². The number of likely N-dealkylation sites (N-methyl/N-ethyl adjacent to an activating group) is 1. The van der Waals surface area contributed by atoms with Crippen molar-refractivity contribution < 1.29 is 18.7 Å². The molecule has 2 rings (SSSR count). The standard InChI is InChI=1S/C15H17FN2O3/c1-4-21-14(19)13-9(2)12(17-15(20)18(13)3)10-7-5-6-8-11(10)16/h5-8,12H,4H2,1-3H3,(H,17,20)/t12-/m0/s1. The molecule has 0 saturated heterocycles. The summed E-state index contributed by atoms with van der Waals surface area (Å²) in [5.41, 5.74) is 1.01. The molecule has 0 spiro atoms. The van der Waals surface area contributed by atoms with Gasteiger partial charge in [-0.2, -0.15) is 0 Å². The minimum Gasteiger partial charge on any atom is -0.461 e. The molecule has 1 aromatic carbocycles. The monoisotopic (exact) mass is 292 g/mol. The van der Waals surface area contributed by atoms with Gasteiger partial charge >= 0.3 is 12.0 Å². The highest BCUT2D eigenvalue weighted by Gasteiger charge is 2.34. The van der Waals surface area contributed by atoms with E-state index in [1.165, 1.54) is 18.0 Å². The van der Waals surface area contributed by atoms with E-state index in [0.717, 1.165) is 0 Å². The molecule has 1 aliphatic rings. The first kappa shape index (κ1) is 15.0. The summed E-state index contributed by atoms with van der Waals surface area (Å²) >= 11 is 0. The van der Waals surface area contributed by atoms with Gasteiger partial charge in [0, 0.05) is 12.6 Å². The van der Waals surface area contributed by atoms with Crippen LogP contribution in [0.2, 0.25) is 0 Å². The second kappa shape index (κ2) is 5.95. The lowest BCUT2D eigenvalue weighted by molar-refractivity contribution is -0.140. The van der Waals surface area contributed by atoms with Crippen LogP contribution in [0.25, 0.3) is 0 Å². The first-order valence-electron chi connectivity index (χ1n) is 6.63. The number of esters is 1. The fraction of sp³-hybridized carbons (Fsp3) is 0.333. The Bertz CT molecular complexity index is 613. The average molecular weight is 292 g/mol. The van der Waals surface area contributed by atoms with Crippen LogP contribution in [0.15, 0.2) is 35.5 Å². The van der Waals surface area contributed by atoms with E-state index in [0.29, 0.717) is 11.1 Å². The third-order valence-corrected chi connectivity index (χ3v) is 3.40. The molecule has 2 amide bonds. The van der Waals surface area contributed by atoms with E-state index >= 15 is 0 Å². The zero-order chi connectivity index (χ0) is 15.6. The molecule has 5 nitrogen and oxygen atoms in total. The lowest BCUT2D eigenvalue weighted by Crippen LogP contribution is -2.47. The highest BCUT2D eigenvalue weighted by atomic mass is 19.1. The molecule has 21 heavy (non-hydrogen) atoms. The first-order valence-corrected chi connectivity index (χ1v) is 6.63. The van der Waals surface area contributed by atoms with E-state index in [-0.39, 0.29) is 12.3 Å². The maximum absolute atomic E-state index is 13.9. The van der Waals surface area contributed by atoms with Crippen LogP contribution in [-0.4, -0.2) is 30.6 Å². The first-order chi connectivity index (χ1) is 9.97. The number of halogens is 1. The van der Waals surface area contributed by atoms with Crippen LogP contribution >= 0.6 is 0 Å². The Morgan fingerprint density at radius 3 is 2.71 bits per heavy atom. The Labute approximate surface area is 122 Å². The molecule has 1 aliphatic heterocycles. The van der Waals surface area contributed by atoms with Crippen molar-refractivity contribution in [1.82, 2.24) is 10.2 Å². The minimum absolute atomic E-state index is 0.147. The van der Waals surface area contributed by atoms with Crippen molar-refractivity contribution in [3.05, 3.63) is 46.9 Å². The van der Waals surface area contributed by atoms with Gasteiger partial charge in [0.15, 0.2) is 0 Å². The van der Waals surface area contributed by atoms with Crippen molar-refractivity contribution in [2.75, 3.05) is 13.7 Å². The van der Waals surface area contributed by atoms with Crippen molar-refractivity contribution in [3.63, 3.8) is 0 Å². The van der Waals surface area contributed by atoms with Crippen LogP contribution in [0.4, 0.5) is 9.18 Å². The topological polar surface area (TPSA) is 58.6 Å². The maximum atomic E-state index is 13.9. The molecule has 6 heteroatoms. The molecule has 112 valence electrons. The summed E-state index contributed by atoms with van der Waals surface area (Å²) in [6.07, 6.45) is 0. The quantitative estimate of drug-likeness (QED) is 0.870. The third-order valence-electron chi connectivity index (χ3n) is 3.40. The van der Waals surface area contributed by atoms with Crippen LogP contribution in [0.3, 0.4) is 0 Å². The van der Waals surface area contributed by atoms with Gasteiger partial charge in [0.05, 0.1) is 12.6 Å². The molecule has 0 fully saturated rings. The Morgan fingerprint density at radius 1 is 1.43 bits per heavy atom. The fourth-order valence-corrected chi connectivity index (χ4v) is 2.35. The Morgan fingerprint density at radius 2 is 2.10 bits per heavy atom. The zero-order valence-corrected chi connectivity index (χ0v) is 12.1. The number of nitrogens with zero attached hydrogens (tertiary/aromatic N) is 1. The number of amides is 2. The van der Waals surface area contributed by atoms with Crippen LogP contribution < -0.4 is 5.32 Å². The number of ether oxygens (including phenoxy) is 1. The van der Waals surface area contributed by atoms with Gasteiger partial charge in [0.1, 0.15) is 11.5 Å². The van der Waals surface area contributed by atoms with Crippen molar-refractivity contribution in [1.29, 1.82) is 0 Å². The molecular formula is C15H17FN2O3. The average Bonchev–Trinajstić information content (AvgIpc) is 2.44. The van der Waals surface area contributed by atoms with Gasteiger partial charge in [-0.1, -0.05) is 18.2 Å². The van der Waals surface area contributed by atoms with Gasteiger partial charge < -0.3 is 10.1 Å². The van der Waals surface area contributed by atoms with E-state index in [4.69, 9.17) is 4.74 Å². The number of rotatable bonds is 3. The number of carbonyl (C=O) groups is 2. The number of carbonyl (C=O) groups excluding carboxylic acids is 2. The Hall–Kier alpha value is -2.37. The second-order valence-electron chi connectivity index (χ2n) is 4.72. The number of hydrogen-bond donors (Lipinski definition) is 1. The minimum atomic E-state index is -0.686. The molecule has 0 saturated carbocycles. The molecule has 0 unspecified atom stereocenters. The smallest absolute Gasteiger partial charge is 0.355 e. The maximum Gasteiger partial charge on any atom is 0.355 e. The third kappa shape index (κ3) is 2.74. The van der Waals surface area contributed by atoms with Gasteiger partial charge in [-0.05, 0) is 25.5 Å². The van der Waals surface area contributed by atoms with Gasteiger partial charge in [0.2, 0.25) is 0 Å². The van der Waals surface area contributed by atoms with E-state index in [9.17, 15) is 14.0 Å². The second-order valence-corrected chi connectivity index (χ2v) is 4.72. The predicted molar refractivity (Wildman–Crippen MR) is 74.8 cm³/mol. The lowest BCUT2D eigenvalue weighted by atomic mass is 9.95. The van der Waals surface area contributed by atoms with Crippen LogP contribution in [0, 0.1) is 5.82 Å². The largest absolute Gasteiger partial charge is 0.461 e. The fourth-order valence-electron chi connectivity index (χ4n) is 2.35. The molecule has 1 heterocycles. The zero-order valence-electron chi connectivity index (χ0n) is 12.1. The van der Waals surface area contributed by atoms with Crippen molar-refractivity contribution in [2.24, 2.45) is 0 Å². The van der Waals surface area contributed by atoms with Gasteiger partial charge in [0.25, 0.3) is 0 Å². The molecule has 0 radical (unpaired) electrons. The van der Waals surface area contributed by atoms with Crippen LogP contribution in [0.5, 0.6) is 0 Å². The number of hydrogen-bond acceptors (Lipinski definition) is 3. The summed E-state index contributed by atoms with van der Waals surface area (Å²) in [5, 5.41) is 2.68. The molecule has 0 aromatic heterocycles. The van der Waals surface area contributed by atoms with Crippen LogP contribution in [0.1, 0.15) is 25.5 Å². The summed E-state index contributed by atoms with van der Waals surface area (Å²) < 4.78 is 18.9. The lowest BCUT2D eigenvalue weighted by Gasteiger charge is -2.33. The SMILES string of the molecule is CCOC(=O)C1=C(C)[C@@H](c2ccccc2F)NC(=O)N1C. The highest BCUT2D eigenvalue weighted by Crippen LogP contribution is 2.31. The normalized spacial score (nSPS) is 18.6. The summed E-state index contributed by atoms with van der Waals surface area (Å²) in [6, 6.07) is 4.99. The van der Waals surface area contributed by atoms with Gasteiger partial charge in [-0.3, -0.25) is 4.90 Å². The van der Waals surface area contributed by atoms with Crippen molar-refractivity contribution in [2.45, 2.75) is 19.9 Å². The summed E-state index contributed by atoms with van der Waals surface area (Å²) in [5.74, 6) is -1.02. The van der Waals surface area contributed by atoms with E-state index in [1.54, 1.807) is 32.0 Å². The predicted octanol–water partition coefficient (Wildman–Crippen LogP) is 2.36. The summed E-state index contributed by atoms with van der Waals surface area (Å²) in [4.78, 5) is 25.2. The Balaban J connectivity index is 2.50. The highest BCUT2D eigenvalue weighted by molar-refractivity contribution is 5.96. The van der Waals surface area contributed by atoms with Gasteiger partial charge in [-0.25, -0.2) is 14.0 Å². The Kier molecular flexibility index (Phi) is 4.26. The summed E-state index contributed by atoms with van der Waals surface area (Å²) in [7, 11) is 1.47. The molecule has 0 aliphatic carbocycles. The molecule has 1 atom stereocenters. The molecule has 0 bridgehead atoms. The molecule has 1 N–H and O–H groups in total. The molecular weight excluding hydrogens is 275 g/mol.